The number of amidine groups is 1. The van der Waals surface area contributed by atoms with Crippen molar-refractivity contribution in [3.8, 4) is 11.4 Å². The minimum Gasteiger partial charge on any atom is -0.399 e. The molecule has 0 spiro atoms. The van der Waals surface area contributed by atoms with Crippen LogP contribution in [0.15, 0.2) is 59.6 Å². The summed E-state index contributed by atoms with van der Waals surface area (Å²) in [7, 11) is 0. The van der Waals surface area contributed by atoms with Gasteiger partial charge < -0.3 is 11.1 Å². The van der Waals surface area contributed by atoms with Gasteiger partial charge in [0.15, 0.2) is 5.82 Å². The normalized spacial score (nSPS) is 15.0. The van der Waals surface area contributed by atoms with Gasteiger partial charge in [0, 0.05) is 33.8 Å². The van der Waals surface area contributed by atoms with Crippen LogP contribution in [0.1, 0.15) is 30.5 Å². The number of anilines is 2. The molecule has 4 aromatic rings. The fourth-order valence-electron chi connectivity index (χ4n) is 3.92. The highest BCUT2D eigenvalue weighted by molar-refractivity contribution is 6.33. The highest BCUT2D eigenvalue weighted by atomic mass is 35.5. The Hall–Kier alpha value is -3.58. The van der Waals surface area contributed by atoms with E-state index in [1.54, 1.807) is 18.2 Å². The average molecular weight is 450 g/mol. The molecule has 1 atom stereocenters. The van der Waals surface area contributed by atoms with Gasteiger partial charge in [-0.05, 0) is 42.8 Å². The van der Waals surface area contributed by atoms with Crippen LogP contribution in [0.25, 0.3) is 22.3 Å². The van der Waals surface area contributed by atoms with Gasteiger partial charge in [-0.25, -0.2) is 18.7 Å². The van der Waals surface area contributed by atoms with Crippen LogP contribution in [-0.4, -0.2) is 15.8 Å². The summed E-state index contributed by atoms with van der Waals surface area (Å²) in [5, 5.41) is 4.36. The quantitative estimate of drug-likeness (QED) is 0.369. The molecule has 0 fully saturated rings. The van der Waals surface area contributed by atoms with E-state index in [4.69, 9.17) is 17.3 Å². The first-order chi connectivity index (χ1) is 15.4. The molecule has 32 heavy (non-hydrogen) atoms. The molecular weight excluding hydrogens is 432 g/mol. The van der Waals surface area contributed by atoms with Crippen LogP contribution in [0.4, 0.5) is 20.3 Å². The number of benzene rings is 3. The molecule has 0 bridgehead atoms. The van der Waals surface area contributed by atoms with E-state index in [9.17, 15) is 8.78 Å². The number of nitrogens with zero attached hydrogens (tertiary/aromatic N) is 3. The highest BCUT2D eigenvalue weighted by Crippen LogP contribution is 2.36. The molecule has 0 aliphatic carbocycles. The summed E-state index contributed by atoms with van der Waals surface area (Å²) in [6.07, 6.45) is 0.581. The number of aromatic nitrogens is 2. The third-order valence-corrected chi connectivity index (χ3v) is 5.74. The molecule has 1 aromatic heterocycles. The molecule has 0 saturated carbocycles. The van der Waals surface area contributed by atoms with Gasteiger partial charge in [-0.3, -0.25) is 4.99 Å². The van der Waals surface area contributed by atoms with Crippen molar-refractivity contribution in [1.29, 1.82) is 0 Å². The zero-order valence-corrected chi connectivity index (χ0v) is 17.8. The molecule has 3 N–H and O–H groups in total. The van der Waals surface area contributed by atoms with Crippen molar-refractivity contribution in [3.05, 3.63) is 82.4 Å². The van der Waals surface area contributed by atoms with Gasteiger partial charge in [-0.15, -0.1) is 0 Å². The van der Waals surface area contributed by atoms with Crippen LogP contribution in [0.2, 0.25) is 5.02 Å². The van der Waals surface area contributed by atoms with Crippen molar-refractivity contribution >= 4 is 39.8 Å². The molecule has 8 heteroatoms. The second kappa shape index (κ2) is 7.84. The van der Waals surface area contributed by atoms with Gasteiger partial charge in [0.05, 0.1) is 16.6 Å². The van der Waals surface area contributed by atoms with Gasteiger partial charge in [0.25, 0.3) is 0 Å². The van der Waals surface area contributed by atoms with Crippen molar-refractivity contribution in [2.75, 3.05) is 11.1 Å². The van der Waals surface area contributed by atoms with E-state index >= 15 is 0 Å². The van der Waals surface area contributed by atoms with Crippen molar-refractivity contribution in [1.82, 2.24) is 9.97 Å². The molecule has 5 nitrogen and oxygen atoms in total. The molecule has 1 unspecified atom stereocenters. The fraction of sp³-hybridized carbons (Fsp3) is 0.125. The number of rotatable bonds is 3. The predicted octanol–water partition coefficient (Wildman–Crippen LogP) is 6.13. The molecule has 0 saturated heterocycles. The van der Waals surface area contributed by atoms with Crippen LogP contribution in [0.3, 0.4) is 0 Å². The van der Waals surface area contributed by atoms with Gasteiger partial charge in [0.1, 0.15) is 23.3 Å². The van der Waals surface area contributed by atoms with E-state index in [1.807, 2.05) is 31.2 Å². The molecule has 0 amide bonds. The number of nitrogen functional groups attached to an aromatic ring is 1. The van der Waals surface area contributed by atoms with Crippen molar-refractivity contribution in [3.63, 3.8) is 0 Å². The topological polar surface area (TPSA) is 76.2 Å². The number of para-hydroxylation sites is 1. The summed E-state index contributed by atoms with van der Waals surface area (Å²) in [5.74, 6) is -0.0377. The van der Waals surface area contributed by atoms with E-state index in [0.717, 1.165) is 11.5 Å². The first kappa shape index (κ1) is 20.3. The summed E-state index contributed by atoms with van der Waals surface area (Å²) in [6, 6.07) is 14.4. The highest BCUT2D eigenvalue weighted by Gasteiger charge is 2.29. The van der Waals surface area contributed by atoms with Gasteiger partial charge in [0.2, 0.25) is 0 Å². The van der Waals surface area contributed by atoms with Crippen LogP contribution in [0.5, 0.6) is 0 Å². The van der Waals surface area contributed by atoms with Crippen molar-refractivity contribution in [2.45, 2.75) is 19.4 Å². The van der Waals surface area contributed by atoms with Crippen LogP contribution in [0, 0.1) is 11.6 Å². The molecular formula is C24H18ClF2N5. The van der Waals surface area contributed by atoms with Gasteiger partial charge >= 0.3 is 0 Å². The summed E-state index contributed by atoms with van der Waals surface area (Å²) >= 11 is 6.39. The maximum Gasteiger partial charge on any atom is 0.163 e. The summed E-state index contributed by atoms with van der Waals surface area (Å²) < 4.78 is 28.5. The Morgan fingerprint density at radius 2 is 1.84 bits per heavy atom. The number of fused-ring (bicyclic) bond motifs is 2. The maximum absolute atomic E-state index is 14.5. The minimum atomic E-state index is -0.658. The molecule has 2 heterocycles. The number of nitrogens with one attached hydrogen (secondary N) is 1. The maximum atomic E-state index is 14.5. The molecule has 3 aromatic carbocycles. The number of halogens is 3. The third kappa shape index (κ3) is 3.44. The Kier molecular flexibility index (Phi) is 4.98. The Morgan fingerprint density at radius 1 is 1.03 bits per heavy atom. The van der Waals surface area contributed by atoms with Crippen LogP contribution < -0.4 is 11.1 Å². The lowest BCUT2D eigenvalue weighted by Crippen LogP contribution is -2.14. The summed E-state index contributed by atoms with van der Waals surface area (Å²) in [4.78, 5) is 13.9. The van der Waals surface area contributed by atoms with Crippen LogP contribution >= 0.6 is 11.6 Å². The number of hydrogen-bond donors (Lipinski definition) is 2. The Balaban J connectivity index is 1.66. The smallest absolute Gasteiger partial charge is 0.163 e. The number of hydrogen-bond acceptors (Lipinski definition) is 5. The zero-order chi connectivity index (χ0) is 22.4. The molecule has 160 valence electrons. The van der Waals surface area contributed by atoms with Crippen LogP contribution in [-0.2, 0) is 0 Å². The summed E-state index contributed by atoms with van der Waals surface area (Å²) in [5.41, 5.74) is 8.43. The predicted molar refractivity (Wildman–Crippen MR) is 124 cm³/mol. The van der Waals surface area contributed by atoms with Crippen molar-refractivity contribution in [2.24, 2.45) is 4.99 Å². The molecule has 0 radical (unpaired) electrons. The Morgan fingerprint density at radius 3 is 2.62 bits per heavy atom. The van der Waals surface area contributed by atoms with E-state index < -0.39 is 17.7 Å². The molecule has 5 rings (SSSR count). The number of aliphatic imine (C=N–C) groups is 1. The lowest BCUT2D eigenvalue weighted by atomic mass is 10.0. The van der Waals surface area contributed by atoms with Gasteiger partial charge in [-0.2, -0.15) is 0 Å². The van der Waals surface area contributed by atoms with E-state index in [0.29, 0.717) is 56.8 Å². The van der Waals surface area contributed by atoms with E-state index in [-0.39, 0.29) is 0 Å². The van der Waals surface area contributed by atoms with Crippen molar-refractivity contribution < 1.29 is 8.78 Å². The number of nitrogens with two attached hydrogens (primary N) is 1. The first-order valence-electron chi connectivity index (χ1n) is 10.1. The van der Waals surface area contributed by atoms with Gasteiger partial charge in [-0.1, -0.05) is 30.7 Å². The summed E-state index contributed by atoms with van der Waals surface area (Å²) in [6.45, 7) is 1.91. The SMILES string of the molecule is CCC1N=C(Nc2nc(-c3ccc(N)cc3Cl)nc3ccccc23)c2cc(F)cc(F)c21. The minimum absolute atomic E-state index is 0.364. The second-order valence-corrected chi connectivity index (χ2v) is 7.94. The Bertz CT molecular complexity index is 1400. The van der Waals surface area contributed by atoms with E-state index in [1.165, 1.54) is 6.07 Å². The molecule has 1 aliphatic rings. The first-order valence-corrected chi connectivity index (χ1v) is 10.5. The fourth-order valence-corrected chi connectivity index (χ4v) is 4.19. The molecule has 1 aliphatic heterocycles. The largest absolute Gasteiger partial charge is 0.399 e. The lowest BCUT2D eigenvalue weighted by molar-refractivity contribution is 0.556. The average Bonchev–Trinajstić information content (AvgIpc) is 3.11. The van der Waals surface area contributed by atoms with E-state index in [2.05, 4.69) is 20.3 Å². The Labute approximate surface area is 188 Å². The monoisotopic (exact) mass is 449 g/mol. The lowest BCUT2D eigenvalue weighted by Gasteiger charge is -2.13. The standard InChI is InChI=1S/C24H18ClF2N5/c1-2-19-21-16(9-12(26)10-18(21)27)24(29-19)32-23-15-5-3-4-6-20(15)30-22(31-23)14-8-7-13(28)11-17(14)25/h3-11,19H,2,28H2,1H3,(H,29,30,31,32). The second-order valence-electron chi connectivity index (χ2n) is 7.53. The third-order valence-electron chi connectivity index (χ3n) is 5.43. The zero-order valence-electron chi connectivity index (χ0n) is 17.0.